The van der Waals surface area contributed by atoms with Crippen LogP contribution in [0.25, 0.3) is 0 Å². The Balaban J connectivity index is 2.01. The van der Waals surface area contributed by atoms with Crippen molar-refractivity contribution in [2.45, 2.75) is 25.8 Å². The van der Waals surface area contributed by atoms with Gasteiger partial charge in [-0.05, 0) is 31.9 Å². The lowest BCUT2D eigenvalue weighted by atomic mass is 10.2. The van der Waals surface area contributed by atoms with Crippen LogP contribution in [0, 0.1) is 0 Å². The van der Waals surface area contributed by atoms with Crippen molar-refractivity contribution in [2.75, 3.05) is 31.2 Å². The molecular weight excluding hydrogens is 242 g/mol. The van der Waals surface area contributed by atoms with Crippen LogP contribution in [0.15, 0.2) is 18.2 Å². The SMILES string of the molecule is COc1ccc(NC(C)C(=O)N2CCCC2)c(N)c1. The third-order valence-corrected chi connectivity index (χ3v) is 3.42. The van der Waals surface area contributed by atoms with Crippen molar-refractivity contribution in [1.82, 2.24) is 4.90 Å². The molecule has 5 nitrogen and oxygen atoms in total. The van der Waals surface area contributed by atoms with E-state index < -0.39 is 0 Å². The molecule has 3 N–H and O–H groups in total. The average molecular weight is 263 g/mol. The minimum Gasteiger partial charge on any atom is -0.497 e. The predicted octanol–water partition coefficient (Wildman–Crippen LogP) is 1.70. The normalized spacial score (nSPS) is 16.2. The highest BCUT2D eigenvalue weighted by Gasteiger charge is 2.23. The van der Waals surface area contributed by atoms with Crippen LogP contribution in [0.2, 0.25) is 0 Å². The summed E-state index contributed by atoms with van der Waals surface area (Å²) < 4.78 is 5.10. The van der Waals surface area contributed by atoms with Gasteiger partial charge in [0.2, 0.25) is 5.91 Å². The summed E-state index contributed by atoms with van der Waals surface area (Å²) in [6.45, 7) is 3.59. The van der Waals surface area contributed by atoms with Crippen LogP contribution >= 0.6 is 0 Å². The summed E-state index contributed by atoms with van der Waals surface area (Å²) in [6, 6.07) is 5.14. The number of carbonyl (C=O) groups excluding carboxylic acids is 1. The number of benzene rings is 1. The van der Waals surface area contributed by atoms with Crippen molar-refractivity contribution in [3.05, 3.63) is 18.2 Å². The summed E-state index contributed by atoms with van der Waals surface area (Å²) in [5.41, 5.74) is 7.28. The van der Waals surface area contributed by atoms with E-state index >= 15 is 0 Å². The molecular formula is C14H21N3O2. The Kier molecular flexibility index (Phi) is 4.14. The van der Waals surface area contributed by atoms with Gasteiger partial charge in [-0.2, -0.15) is 0 Å². The van der Waals surface area contributed by atoms with E-state index in [9.17, 15) is 4.79 Å². The minimum atomic E-state index is -0.270. The lowest BCUT2D eigenvalue weighted by Crippen LogP contribution is -2.39. The zero-order chi connectivity index (χ0) is 13.8. The van der Waals surface area contributed by atoms with E-state index in [2.05, 4.69) is 5.32 Å². The molecule has 1 atom stereocenters. The second kappa shape index (κ2) is 5.82. The van der Waals surface area contributed by atoms with Crippen molar-refractivity contribution < 1.29 is 9.53 Å². The largest absolute Gasteiger partial charge is 0.497 e. The van der Waals surface area contributed by atoms with E-state index in [1.165, 1.54) is 0 Å². The average Bonchev–Trinajstić information content (AvgIpc) is 2.94. The van der Waals surface area contributed by atoms with Gasteiger partial charge in [0.1, 0.15) is 11.8 Å². The van der Waals surface area contributed by atoms with Crippen LogP contribution in [-0.2, 0) is 4.79 Å². The Labute approximate surface area is 113 Å². The Morgan fingerprint density at radius 1 is 1.42 bits per heavy atom. The van der Waals surface area contributed by atoms with E-state index in [4.69, 9.17) is 10.5 Å². The molecule has 1 heterocycles. The van der Waals surface area contributed by atoms with Crippen LogP contribution in [0.1, 0.15) is 19.8 Å². The minimum absolute atomic E-state index is 0.132. The molecule has 1 amide bonds. The summed E-state index contributed by atoms with van der Waals surface area (Å²) in [5, 5.41) is 3.17. The van der Waals surface area contributed by atoms with E-state index in [1.54, 1.807) is 13.2 Å². The Morgan fingerprint density at radius 2 is 2.11 bits per heavy atom. The maximum atomic E-state index is 12.2. The topological polar surface area (TPSA) is 67.6 Å². The molecule has 1 fully saturated rings. The fourth-order valence-corrected chi connectivity index (χ4v) is 2.31. The van der Waals surface area contributed by atoms with Crippen LogP contribution in [0.5, 0.6) is 5.75 Å². The van der Waals surface area contributed by atoms with Gasteiger partial charge in [0.05, 0.1) is 18.5 Å². The van der Waals surface area contributed by atoms with Gasteiger partial charge in [0.15, 0.2) is 0 Å². The van der Waals surface area contributed by atoms with Crippen LogP contribution in [0.4, 0.5) is 11.4 Å². The van der Waals surface area contributed by atoms with Crippen molar-refractivity contribution in [3.63, 3.8) is 0 Å². The van der Waals surface area contributed by atoms with E-state index in [0.717, 1.165) is 31.6 Å². The fraction of sp³-hybridized carbons (Fsp3) is 0.500. The van der Waals surface area contributed by atoms with E-state index in [1.807, 2.05) is 24.0 Å². The molecule has 104 valence electrons. The van der Waals surface area contributed by atoms with Gasteiger partial charge < -0.3 is 20.7 Å². The number of hydrogen-bond acceptors (Lipinski definition) is 4. The molecule has 1 saturated heterocycles. The molecule has 1 aliphatic rings. The first kappa shape index (κ1) is 13.5. The Bertz CT molecular complexity index is 456. The summed E-state index contributed by atoms with van der Waals surface area (Å²) in [7, 11) is 1.60. The Morgan fingerprint density at radius 3 is 2.68 bits per heavy atom. The molecule has 1 aromatic carbocycles. The summed E-state index contributed by atoms with van der Waals surface area (Å²) in [5.74, 6) is 0.842. The second-order valence-electron chi connectivity index (χ2n) is 4.85. The summed E-state index contributed by atoms with van der Waals surface area (Å²) >= 11 is 0. The highest BCUT2D eigenvalue weighted by atomic mass is 16.5. The molecule has 0 spiro atoms. The highest BCUT2D eigenvalue weighted by molar-refractivity contribution is 5.85. The molecule has 1 aromatic rings. The maximum Gasteiger partial charge on any atom is 0.244 e. The third kappa shape index (κ3) is 3.10. The number of nitrogen functional groups attached to an aromatic ring is 1. The number of nitrogens with one attached hydrogen (secondary N) is 1. The van der Waals surface area contributed by atoms with Gasteiger partial charge in [-0.15, -0.1) is 0 Å². The first-order valence-electron chi connectivity index (χ1n) is 6.60. The summed E-state index contributed by atoms with van der Waals surface area (Å²) in [4.78, 5) is 14.1. The maximum absolute atomic E-state index is 12.2. The highest BCUT2D eigenvalue weighted by Crippen LogP contribution is 2.25. The van der Waals surface area contributed by atoms with Crippen molar-refractivity contribution >= 4 is 17.3 Å². The number of nitrogens with two attached hydrogens (primary N) is 1. The number of rotatable bonds is 4. The van der Waals surface area contributed by atoms with E-state index in [-0.39, 0.29) is 11.9 Å². The Hall–Kier alpha value is -1.91. The molecule has 0 radical (unpaired) electrons. The number of amides is 1. The molecule has 0 aromatic heterocycles. The molecule has 0 saturated carbocycles. The van der Waals surface area contributed by atoms with Crippen LogP contribution in [-0.4, -0.2) is 37.0 Å². The van der Waals surface area contributed by atoms with Gasteiger partial charge >= 0.3 is 0 Å². The first-order valence-corrected chi connectivity index (χ1v) is 6.60. The monoisotopic (exact) mass is 263 g/mol. The van der Waals surface area contributed by atoms with Gasteiger partial charge in [-0.1, -0.05) is 0 Å². The van der Waals surface area contributed by atoms with Gasteiger partial charge in [-0.25, -0.2) is 0 Å². The number of anilines is 2. The van der Waals surface area contributed by atoms with Crippen molar-refractivity contribution in [2.24, 2.45) is 0 Å². The molecule has 2 rings (SSSR count). The van der Waals surface area contributed by atoms with Crippen molar-refractivity contribution in [3.8, 4) is 5.75 Å². The van der Waals surface area contributed by atoms with Crippen LogP contribution < -0.4 is 15.8 Å². The van der Waals surface area contributed by atoms with Crippen molar-refractivity contribution in [1.29, 1.82) is 0 Å². The van der Waals surface area contributed by atoms with Gasteiger partial charge in [-0.3, -0.25) is 4.79 Å². The zero-order valence-corrected chi connectivity index (χ0v) is 11.5. The fourth-order valence-electron chi connectivity index (χ4n) is 2.31. The molecule has 5 heteroatoms. The molecule has 1 aliphatic heterocycles. The number of hydrogen-bond donors (Lipinski definition) is 2. The van der Waals surface area contributed by atoms with Gasteiger partial charge in [0, 0.05) is 19.2 Å². The number of methoxy groups -OCH3 is 1. The van der Waals surface area contributed by atoms with Crippen LogP contribution in [0.3, 0.4) is 0 Å². The number of nitrogens with zero attached hydrogens (tertiary/aromatic N) is 1. The lowest BCUT2D eigenvalue weighted by molar-refractivity contribution is -0.130. The number of carbonyl (C=O) groups is 1. The summed E-state index contributed by atoms with van der Waals surface area (Å²) in [6.07, 6.45) is 2.20. The lowest BCUT2D eigenvalue weighted by Gasteiger charge is -2.22. The molecule has 1 unspecified atom stereocenters. The number of ether oxygens (including phenoxy) is 1. The molecule has 19 heavy (non-hydrogen) atoms. The van der Waals surface area contributed by atoms with E-state index in [0.29, 0.717) is 11.4 Å². The quantitative estimate of drug-likeness (QED) is 0.811. The third-order valence-electron chi connectivity index (χ3n) is 3.42. The first-order chi connectivity index (χ1) is 9.11. The molecule has 0 aliphatic carbocycles. The molecule has 0 bridgehead atoms. The number of likely N-dealkylation sites (tertiary alicyclic amines) is 1. The van der Waals surface area contributed by atoms with Gasteiger partial charge in [0.25, 0.3) is 0 Å². The smallest absolute Gasteiger partial charge is 0.244 e. The standard InChI is InChI=1S/C14H21N3O2/c1-10(14(18)17-7-3-4-8-17)16-13-6-5-11(19-2)9-12(13)15/h5-6,9-10,16H,3-4,7-8,15H2,1-2H3. The predicted molar refractivity (Wildman–Crippen MR) is 76.3 cm³/mol. The second-order valence-corrected chi connectivity index (χ2v) is 4.85. The zero-order valence-electron chi connectivity index (χ0n) is 11.5.